The van der Waals surface area contributed by atoms with Gasteiger partial charge in [-0.25, -0.2) is 4.98 Å². The second kappa shape index (κ2) is 4.46. The maximum Gasteiger partial charge on any atom is 0.230 e. The predicted octanol–water partition coefficient (Wildman–Crippen LogP) is -0.0370. The largest absolute Gasteiger partial charge is 0.444 e. The van der Waals surface area contributed by atoms with Crippen molar-refractivity contribution in [2.45, 2.75) is 26.4 Å². The smallest absolute Gasteiger partial charge is 0.230 e. The van der Waals surface area contributed by atoms with E-state index in [0.717, 1.165) is 5.76 Å². The zero-order valence-corrected chi connectivity index (χ0v) is 10.0. The number of rotatable bonds is 3. The van der Waals surface area contributed by atoms with Crippen LogP contribution >= 0.6 is 0 Å². The summed E-state index contributed by atoms with van der Waals surface area (Å²) < 4.78 is 10.5. The monoisotopic (exact) mass is 239 g/mol. The van der Waals surface area contributed by atoms with Gasteiger partial charge in [-0.2, -0.15) is 0 Å². The van der Waals surface area contributed by atoms with Crippen molar-refractivity contribution in [3.05, 3.63) is 17.8 Å². The molecule has 0 bridgehead atoms. The summed E-state index contributed by atoms with van der Waals surface area (Å²) >= 11 is 0. The van der Waals surface area contributed by atoms with Crippen molar-refractivity contribution < 1.29 is 13.9 Å². The molecule has 3 N–H and O–H groups in total. The molecule has 1 aromatic heterocycles. The van der Waals surface area contributed by atoms with E-state index in [1.54, 1.807) is 20.0 Å². The minimum Gasteiger partial charge on any atom is -0.444 e. The molecule has 0 saturated carbocycles. The summed E-state index contributed by atoms with van der Waals surface area (Å²) in [6, 6.07) is -0.270. The summed E-state index contributed by atoms with van der Waals surface area (Å²) in [7, 11) is 0. The highest BCUT2D eigenvalue weighted by atomic mass is 16.5. The Balaban J connectivity index is 1.93. The van der Waals surface area contributed by atoms with Gasteiger partial charge in [0.2, 0.25) is 11.8 Å². The third-order valence-corrected chi connectivity index (χ3v) is 3.11. The zero-order valence-electron chi connectivity index (χ0n) is 10.0. The minimum atomic E-state index is -0.665. The van der Waals surface area contributed by atoms with E-state index in [2.05, 4.69) is 10.3 Å². The number of aromatic nitrogens is 1. The average Bonchev–Trinajstić information content (AvgIpc) is 2.84. The van der Waals surface area contributed by atoms with Crippen LogP contribution in [-0.4, -0.2) is 30.1 Å². The molecule has 2 atom stereocenters. The number of nitrogens with two attached hydrogens (primary N) is 1. The van der Waals surface area contributed by atoms with E-state index in [1.807, 2.05) is 0 Å². The van der Waals surface area contributed by atoms with Crippen molar-refractivity contribution in [2.24, 2.45) is 11.1 Å². The van der Waals surface area contributed by atoms with Crippen LogP contribution in [0.3, 0.4) is 0 Å². The maximum absolute atomic E-state index is 12.0. The van der Waals surface area contributed by atoms with Crippen LogP contribution in [0.1, 0.15) is 18.6 Å². The van der Waals surface area contributed by atoms with Gasteiger partial charge in [0.1, 0.15) is 5.76 Å². The van der Waals surface area contributed by atoms with Crippen LogP contribution in [0.25, 0.3) is 0 Å². The number of oxazole rings is 1. The maximum atomic E-state index is 12.0. The number of nitrogens with zero attached hydrogens (tertiary/aromatic N) is 1. The fourth-order valence-corrected chi connectivity index (χ4v) is 1.76. The minimum absolute atomic E-state index is 0.127. The normalized spacial score (nSPS) is 28.3. The van der Waals surface area contributed by atoms with Gasteiger partial charge in [-0.3, -0.25) is 4.79 Å². The molecule has 6 nitrogen and oxygen atoms in total. The Morgan fingerprint density at radius 1 is 1.76 bits per heavy atom. The van der Waals surface area contributed by atoms with Crippen molar-refractivity contribution in [1.82, 2.24) is 10.3 Å². The van der Waals surface area contributed by atoms with Gasteiger partial charge >= 0.3 is 0 Å². The van der Waals surface area contributed by atoms with Crippen LogP contribution < -0.4 is 11.1 Å². The number of ether oxygens (including phenoxy) is 1. The molecule has 1 aliphatic rings. The van der Waals surface area contributed by atoms with Gasteiger partial charge in [0, 0.05) is 6.04 Å². The highest BCUT2D eigenvalue weighted by molar-refractivity contribution is 5.83. The molecule has 1 saturated heterocycles. The lowest BCUT2D eigenvalue weighted by atomic mass is 9.85. The summed E-state index contributed by atoms with van der Waals surface area (Å²) in [5, 5.41) is 2.77. The number of nitrogens with one attached hydrogen (secondary N) is 1. The summed E-state index contributed by atoms with van der Waals surface area (Å²) in [5.41, 5.74) is 5.20. The first-order valence-electron chi connectivity index (χ1n) is 5.55. The molecule has 2 heterocycles. The lowest BCUT2D eigenvalue weighted by Crippen LogP contribution is -2.49. The van der Waals surface area contributed by atoms with Crippen molar-refractivity contribution in [2.75, 3.05) is 13.2 Å². The number of hydrogen-bond acceptors (Lipinski definition) is 5. The summed E-state index contributed by atoms with van der Waals surface area (Å²) in [6.07, 6.45) is 1.62. The van der Waals surface area contributed by atoms with Gasteiger partial charge in [0.05, 0.1) is 31.4 Å². The highest BCUT2D eigenvalue weighted by Crippen LogP contribution is 2.27. The van der Waals surface area contributed by atoms with E-state index in [4.69, 9.17) is 14.9 Å². The standard InChI is InChI=1S/C11H17N3O3/c1-7-3-13-9(17-7)4-14-10(15)11(2)6-16-5-8(11)12/h3,8H,4-6,12H2,1-2H3,(H,14,15). The molecule has 0 aromatic carbocycles. The average molecular weight is 239 g/mol. The fraction of sp³-hybridized carbons (Fsp3) is 0.636. The quantitative estimate of drug-likeness (QED) is 0.772. The first-order chi connectivity index (χ1) is 8.02. The molecular formula is C11H17N3O3. The van der Waals surface area contributed by atoms with Gasteiger partial charge in [-0.05, 0) is 13.8 Å². The van der Waals surface area contributed by atoms with Crippen molar-refractivity contribution >= 4 is 5.91 Å². The molecule has 2 unspecified atom stereocenters. The third-order valence-electron chi connectivity index (χ3n) is 3.11. The molecule has 0 aliphatic carbocycles. The molecule has 6 heteroatoms. The predicted molar refractivity (Wildman–Crippen MR) is 60.0 cm³/mol. The van der Waals surface area contributed by atoms with E-state index in [0.29, 0.717) is 19.1 Å². The Hall–Kier alpha value is -1.40. The molecule has 1 aliphatic heterocycles. The Kier molecular flexibility index (Phi) is 3.17. The van der Waals surface area contributed by atoms with Crippen LogP contribution in [0.4, 0.5) is 0 Å². The van der Waals surface area contributed by atoms with Gasteiger partial charge in [0.25, 0.3) is 0 Å². The topological polar surface area (TPSA) is 90.4 Å². The lowest BCUT2D eigenvalue weighted by Gasteiger charge is -2.24. The first-order valence-corrected chi connectivity index (χ1v) is 5.55. The van der Waals surface area contributed by atoms with Gasteiger partial charge in [-0.1, -0.05) is 0 Å². The molecule has 1 amide bonds. The molecular weight excluding hydrogens is 222 g/mol. The van der Waals surface area contributed by atoms with Crippen LogP contribution in [0.2, 0.25) is 0 Å². The molecule has 94 valence electrons. The molecule has 0 radical (unpaired) electrons. The summed E-state index contributed by atoms with van der Waals surface area (Å²) in [4.78, 5) is 16.0. The van der Waals surface area contributed by atoms with E-state index in [1.165, 1.54) is 0 Å². The number of aryl methyl sites for hydroxylation is 1. The first kappa shape index (κ1) is 12.1. The third kappa shape index (κ3) is 2.32. The SMILES string of the molecule is Cc1cnc(CNC(=O)C2(C)COCC2N)o1. The van der Waals surface area contributed by atoms with Gasteiger partial charge in [-0.15, -0.1) is 0 Å². The van der Waals surface area contributed by atoms with Crippen LogP contribution in [0, 0.1) is 12.3 Å². The van der Waals surface area contributed by atoms with E-state index >= 15 is 0 Å². The van der Waals surface area contributed by atoms with Gasteiger partial charge in [0.15, 0.2) is 0 Å². The van der Waals surface area contributed by atoms with Crippen molar-refractivity contribution in [3.8, 4) is 0 Å². The highest BCUT2D eigenvalue weighted by Gasteiger charge is 2.44. The van der Waals surface area contributed by atoms with E-state index < -0.39 is 5.41 Å². The Morgan fingerprint density at radius 2 is 2.53 bits per heavy atom. The van der Waals surface area contributed by atoms with Crippen molar-refractivity contribution in [3.63, 3.8) is 0 Å². The summed E-state index contributed by atoms with van der Waals surface area (Å²) in [5.74, 6) is 1.09. The second-order valence-corrected chi connectivity index (χ2v) is 4.59. The Labute approximate surface area is 99.5 Å². The molecule has 2 rings (SSSR count). The Bertz CT molecular complexity index is 418. The Morgan fingerprint density at radius 3 is 3.06 bits per heavy atom. The van der Waals surface area contributed by atoms with Crippen LogP contribution in [-0.2, 0) is 16.1 Å². The molecule has 1 aromatic rings. The van der Waals surface area contributed by atoms with Crippen LogP contribution in [0.5, 0.6) is 0 Å². The van der Waals surface area contributed by atoms with Crippen molar-refractivity contribution in [1.29, 1.82) is 0 Å². The number of carbonyl (C=O) groups is 1. The zero-order chi connectivity index (χ0) is 12.5. The van der Waals surface area contributed by atoms with E-state index in [-0.39, 0.29) is 18.5 Å². The fourth-order valence-electron chi connectivity index (χ4n) is 1.76. The second-order valence-electron chi connectivity index (χ2n) is 4.59. The number of hydrogen-bond donors (Lipinski definition) is 2. The number of amides is 1. The van der Waals surface area contributed by atoms with E-state index in [9.17, 15) is 4.79 Å². The molecule has 17 heavy (non-hydrogen) atoms. The van der Waals surface area contributed by atoms with Gasteiger partial charge < -0.3 is 20.2 Å². The lowest BCUT2D eigenvalue weighted by molar-refractivity contribution is -0.130. The molecule has 1 fully saturated rings. The van der Waals surface area contributed by atoms with Crippen LogP contribution in [0.15, 0.2) is 10.6 Å². The number of carbonyl (C=O) groups excluding carboxylic acids is 1. The summed E-state index contributed by atoms with van der Waals surface area (Å²) in [6.45, 7) is 4.66. The molecule has 0 spiro atoms.